The number of nitrogens with zero attached hydrogens (tertiary/aromatic N) is 1. The van der Waals surface area contributed by atoms with E-state index in [1.54, 1.807) is 11.8 Å². The number of amides is 3. The van der Waals surface area contributed by atoms with Crippen molar-refractivity contribution in [3.05, 3.63) is 0 Å². The highest BCUT2D eigenvalue weighted by Gasteiger charge is 2.31. The van der Waals surface area contributed by atoms with Crippen LogP contribution in [0.4, 0.5) is 4.79 Å². The van der Waals surface area contributed by atoms with E-state index in [1.807, 2.05) is 6.92 Å². The molecule has 0 saturated carbocycles. The lowest BCUT2D eigenvalue weighted by Crippen LogP contribution is -2.57. The molecule has 17 heavy (non-hydrogen) atoms. The first-order chi connectivity index (χ1) is 7.95. The first kappa shape index (κ1) is 13.7. The van der Waals surface area contributed by atoms with Crippen LogP contribution in [-0.4, -0.2) is 59.9 Å². The van der Waals surface area contributed by atoms with Gasteiger partial charge in [-0.3, -0.25) is 4.79 Å². The summed E-state index contributed by atoms with van der Waals surface area (Å²) >= 11 is 0. The second-order valence-electron chi connectivity index (χ2n) is 4.21. The van der Waals surface area contributed by atoms with Crippen LogP contribution in [-0.2, 0) is 9.53 Å². The summed E-state index contributed by atoms with van der Waals surface area (Å²) in [6, 6.07) is -1.49. The SMILES string of the molecule is CC(NC(N)=O)C(=O)N1CC(CO)OCC1C. The van der Waals surface area contributed by atoms with Crippen molar-refractivity contribution < 1.29 is 19.4 Å². The van der Waals surface area contributed by atoms with E-state index >= 15 is 0 Å². The van der Waals surface area contributed by atoms with Crippen LogP contribution in [0.2, 0.25) is 0 Å². The third-order valence-corrected chi connectivity index (χ3v) is 2.72. The Balaban J connectivity index is 2.62. The van der Waals surface area contributed by atoms with Crippen molar-refractivity contribution in [2.75, 3.05) is 19.8 Å². The van der Waals surface area contributed by atoms with Crippen molar-refractivity contribution in [1.29, 1.82) is 0 Å². The van der Waals surface area contributed by atoms with Crippen LogP contribution in [0.3, 0.4) is 0 Å². The number of primary amides is 1. The van der Waals surface area contributed by atoms with E-state index in [0.717, 1.165) is 0 Å². The van der Waals surface area contributed by atoms with Crippen molar-refractivity contribution >= 4 is 11.9 Å². The summed E-state index contributed by atoms with van der Waals surface area (Å²) in [7, 11) is 0. The number of ether oxygens (including phenoxy) is 1. The minimum atomic E-state index is -0.731. The molecule has 3 amide bonds. The molecule has 0 aromatic carbocycles. The molecule has 3 atom stereocenters. The number of aliphatic hydroxyl groups is 1. The Kier molecular flexibility index (Phi) is 4.71. The molecule has 98 valence electrons. The summed E-state index contributed by atoms with van der Waals surface area (Å²) in [4.78, 5) is 24.3. The second kappa shape index (κ2) is 5.83. The Morgan fingerprint density at radius 3 is 2.82 bits per heavy atom. The van der Waals surface area contributed by atoms with Crippen LogP contribution >= 0.6 is 0 Å². The largest absolute Gasteiger partial charge is 0.394 e. The first-order valence-electron chi connectivity index (χ1n) is 5.54. The Morgan fingerprint density at radius 1 is 1.65 bits per heavy atom. The summed E-state index contributed by atoms with van der Waals surface area (Å²) in [5.74, 6) is -0.224. The third-order valence-electron chi connectivity index (χ3n) is 2.72. The van der Waals surface area contributed by atoms with Gasteiger partial charge in [0.05, 0.1) is 25.4 Å². The van der Waals surface area contributed by atoms with Gasteiger partial charge in [0.15, 0.2) is 0 Å². The average molecular weight is 245 g/mol. The van der Waals surface area contributed by atoms with Gasteiger partial charge in [0.1, 0.15) is 6.04 Å². The molecule has 1 fully saturated rings. The normalized spacial score (nSPS) is 26.4. The van der Waals surface area contributed by atoms with Gasteiger partial charge in [-0.05, 0) is 13.8 Å². The van der Waals surface area contributed by atoms with Crippen LogP contribution in [0, 0.1) is 0 Å². The number of aliphatic hydroxyl groups excluding tert-OH is 1. The van der Waals surface area contributed by atoms with Gasteiger partial charge >= 0.3 is 6.03 Å². The van der Waals surface area contributed by atoms with E-state index < -0.39 is 12.1 Å². The van der Waals surface area contributed by atoms with Crippen LogP contribution in [0.15, 0.2) is 0 Å². The maximum atomic E-state index is 12.0. The van der Waals surface area contributed by atoms with E-state index in [2.05, 4.69) is 5.32 Å². The number of morpholine rings is 1. The maximum Gasteiger partial charge on any atom is 0.312 e. The molecule has 4 N–H and O–H groups in total. The van der Waals surface area contributed by atoms with Gasteiger partial charge in [-0.15, -0.1) is 0 Å². The molecule has 1 heterocycles. The molecule has 7 nitrogen and oxygen atoms in total. The van der Waals surface area contributed by atoms with Gasteiger partial charge in [-0.25, -0.2) is 4.79 Å². The number of nitrogens with two attached hydrogens (primary N) is 1. The summed E-state index contributed by atoms with van der Waals surface area (Å²) in [5.41, 5.74) is 4.96. The molecular weight excluding hydrogens is 226 g/mol. The quantitative estimate of drug-likeness (QED) is 0.571. The molecule has 0 bridgehead atoms. The molecule has 1 rings (SSSR count). The number of urea groups is 1. The molecule has 7 heteroatoms. The van der Waals surface area contributed by atoms with Gasteiger partial charge < -0.3 is 25.8 Å². The zero-order valence-electron chi connectivity index (χ0n) is 10.0. The van der Waals surface area contributed by atoms with Crippen LogP contribution in [0.5, 0.6) is 0 Å². The lowest BCUT2D eigenvalue weighted by atomic mass is 10.1. The predicted molar refractivity (Wildman–Crippen MR) is 60.2 cm³/mol. The Labute approximate surface area is 99.9 Å². The number of carbonyl (C=O) groups excluding carboxylic acids is 2. The minimum Gasteiger partial charge on any atom is -0.394 e. The topological polar surface area (TPSA) is 105 Å². The van der Waals surface area contributed by atoms with E-state index in [0.29, 0.717) is 13.2 Å². The van der Waals surface area contributed by atoms with Crippen molar-refractivity contribution in [3.63, 3.8) is 0 Å². The zero-order valence-corrected chi connectivity index (χ0v) is 10.0. The standard InChI is InChI=1S/C10H19N3O4/c1-6-5-17-8(4-14)3-13(6)9(15)7(2)12-10(11)16/h6-8,14H,3-5H2,1-2H3,(H3,11,12,16). The summed E-state index contributed by atoms with van der Waals surface area (Å²) in [6.45, 7) is 3.99. The van der Waals surface area contributed by atoms with Gasteiger partial charge in [0.2, 0.25) is 5.91 Å². The highest BCUT2D eigenvalue weighted by Crippen LogP contribution is 2.12. The smallest absolute Gasteiger partial charge is 0.312 e. The lowest BCUT2D eigenvalue weighted by molar-refractivity contribution is -0.147. The van der Waals surface area contributed by atoms with Gasteiger partial charge in [-0.1, -0.05) is 0 Å². The molecule has 0 aromatic rings. The third kappa shape index (κ3) is 3.57. The number of hydrogen-bond acceptors (Lipinski definition) is 4. The maximum absolute atomic E-state index is 12.0. The van der Waals surface area contributed by atoms with Crippen molar-refractivity contribution in [2.45, 2.75) is 32.0 Å². The van der Waals surface area contributed by atoms with Crippen molar-refractivity contribution in [1.82, 2.24) is 10.2 Å². The minimum absolute atomic E-state index is 0.0811. The molecule has 0 radical (unpaired) electrons. The first-order valence-corrected chi connectivity index (χ1v) is 5.54. The van der Waals surface area contributed by atoms with Crippen LogP contribution < -0.4 is 11.1 Å². The summed E-state index contributed by atoms with van der Waals surface area (Å²) < 4.78 is 5.32. The van der Waals surface area contributed by atoms with Crippen LogP contribution in [0.1, 0.15) is 13.8 Å². The van der Waals surface area contributed by atoms with Gasteiger partial charge in [0, 0.05) is 6.54 Å². The Morgan fingerprint density at radius 2 is 2.29 bits per heavy atom. The molecule has 3 unspecified atom stereocenters. The van der Waals surface area contributed by atoms with Gasteiger partial charge in [0.25, 0.3) is 0 Å². The second-order valence-corrected chi connectivity index (χ2v) is 4.21. The zero-order chi connectivity index (χ0) is 13.0. The number of hydrogen-bond donors (Lipinski definition) is 3. The van der Waals surface area contributed by atoms with E-state index in [-0.39, 0.29) is 24.7 Å². The number of nitrogens with one attached hydrogen (secondary N) is 1. The molecule has 1 aliphatic rings. The van der Waals surface area contributed by atoms with Crippen molar-refractivity contribution in [3.8, 4) is 0 Å². The van der Waals surface area contributed by atoms with Crippen molar-refractivity contribution in [2.24, 2.45) is 5.73 Å². The lowest BCUT2D eigenvalue weighted by Gasteiger charge is -2.38. The molecule has 0 aliphatic carbocycles. The monoisotopic (exact) mass is 245 g/mol. The highest BCUT2D eigenvalue weighted by atomic mass is 16.5. The van der Waals surface area contributed by atoms with Gasteiger partial charge in [-0.2, -0.15) is 0 Å². The van der Waals surface area contributed by atoms with E-state index in [4.69, 9.17) is 15.6 Å². The Bertz CT molecular complexity index is 297. The number of carbonyl (C=O) groups is 2. The molecular formula is C10H19N3O4. The molecule has 0 aromatic heterocycles. The fraction of sp³-hybridized carbons (Fsp3) is 0.800. The molecule has 1 saturated heterocycles. The predicted octanol–water partition coefficient (Wildman–Crippen LogP) is -1.35. The summed E-state index contributed by atoms with van der Waals surface area (Å²) in [6.07, 6.45) is -0.365. The number of rotatable bonds is 3. The fourth-order valence-electron chi connectivity index (χ4n) is 1.76. The molecule has 1 aliphatic heterocycles. The summed E-state index contributed by atoms with van der Waals surface area (Å²) in [5, 5.41) is 11.3. The molecule has 0 spiro atoms. The van der Waals surface area contributed by atoms with Crippen LogP contribution in [0.25, 0.3) is 0 Å². The fourth-order valence-corrected chi connectivity index (χ4v) is 1.76. The Hall–Kier alpha value is -1.34. The highest BCUT2D eigenvalue weighted by molar-refractivity contribution is 5.86. The average Bonchev–Trinajstić information content (AvgIpc) is 2.28. The van der Waals surface area contributed by atoms with E-state index in [1.165, 1.54) is 0 Å². The van der Waals surface area contributed by atoms with E-state index in [9.17, 15) is 9.59 Å².